The van der Waals surface area contributed by atoms with Crippen molar-refractivity contribution in [3.8, 4) is 67.0 Å². The number of nitrogens with zero attached hydrogens (tertiary/aromatic N) is 2. The first-order chi connectivity index (χ1) is 28.7. The molecule has 0 spiro atoms. The third kappa shape index (κ3) is 5.91. The van der Waals surface area contributed by atoms with Crippen LogP contribution in [0.4, 0.5) is 0 Å². The van der Waals surface area contributed by atoms with E-state index >= 15 is 0 Å². The summed E-state index contributed by atoms with van der Waals surface area (Å²) in [7, 11) is 0. The summed E-state index contributed by atoms with van der Waals surface area (Å²) in [5.41, 5.74) is 17.8. The minimum Gasteiger partial charge on any atom is -0.316 e. The molecule has 0 amide bonds. The zero-order valence-corrected chi connectivity index (χ0v) is 31.8. The lowest BCUT2D eigenvalue weighted by Crippen LogP contribution is -1.97. The Kier molecular flexibility index (Phi) is 8.19. The van der Waals surface area contributed by atoms with E-state index in [1.54, 1.807) is 0 Å². The van der Waals surface area contributed by atoms with Gasteiger partial charge in [-0.3, -0.25) is 0 Å². The van der Waals surface area contributed by atoms with Crippen LogP contribution in [0.15, 0.2) is 231 Å². The summed E-state index contributed by atoms with van der Waals surface area (Å²) in [6, 6.07) is 81.6. The SMILES string of the molecule is c1ccc(-c2cc(-c3ccccc3)cc(-c3ccc4c(c3)c3ccc5c(ccn5-c5ccccc5)c3n4-c3cc(-c4ccccc4)cc(-c4ccccc4)c3)c2)cc1. The number of hydrogen-bond donors (Lipinski definition) is 0. The third-order valence-electron chi connectivity index (χ3n) is 11.5. The van der Waals surface area contributed by atoms with Crippen LogP contribution in [0.5, 0.6) is 0 Å². The second-order valence-corrected chi connectivity index (χ2v) is 15.0. The molecule has 0 atom stereocenters. The van der Waals surface area contributed by atoms with E-state index in [1.165, 1.54) is 88.3 Å². The quantitative estimate of drug-likeness (QED) is 0.154. The van der Waals surface area contributed by atoms with Crippen molar-refractivity contribution < 1.29 is 0 Å². The molecule has 0 radical (unpaired) electrons. The average Bonchev–Trinajstić information content (AvgIpc) is 3.90. The molecule has 2 aromatic heterocycles. The highest BCUT2D eigenvalue weighted by Gasteiger charge is 2.20. The molecule has 0 aliphatic heterocycles. The van der Waals surface area contributed by atoms with Gasteiger partial charge in [0.2, 0.25) is 0 Å². The molecular formula is C56H38N2. The highest BCUT2D eigenvalue weighted by atomic mass is 15.0. The lowest BCUT2D eigenvalue weighted by Gasteiger charge is -2.15. The van der Waals surface area contributed by atoms with E-state index < -0.39 is 0 Å². The van der Waals surface area contributed by atoms with Gasteiger partial charge in [0, 0.05) is 33.7 Å². The summed E-state index contributed by atoms with van der Waals surface area (Å²) in [6.07, 6.45) is 2.21. The summed E-state index contributed by atoms with van der Waals surface area (Å²) in [6.45, 7) is 0. The number of rotatable bonds is 7. The number of benzene rings is 9. The van der Waals surface area contributed by atoms with Crippen molar-refractivity contribution in [2.24, 2.45) is 0 Å². The molecule has 0 unspecified atom stereocenters. The fourth-order valence-corrected chi connectivity index (χ4v) is 8.71. The maximum atomic E-state index is 2.50. The molecule has 0 aliphatic carbocycles. The highest BCUT2D eigenvalue weighted by molar-refractivity contribution is 6.19. The predicted octanol–water partition coefficient (Wildman–Crippen LogP) is 15.1. The molecule has 0 saturated carbocycles. The van der Waals surface area contributed by atoms with Crippen molar-refractivity contribution in [3.63, 3.8) is 0 Å². The Morgan fingerprint density at radius 3 is 1.17 bits per heavy atom. The number of hydrogen-bond acceptors (Lipinski definition) is 0. The van der Waals surface area contributed by atoms with Crippen LogP contribution in [0.25, 0.3) is 99.7 Å². The minimum atomic E-state index is 1.13. The van der Waals surface area contributed by atoms with Gasteiger partial charge in [-0.15, -0.1) is 0 Å². The Hall–Kier alpha value is -7.68. The van der Waals surface area contributed by atoms with Gasteiger partial charge in [-0.1, -0.05) is 152 Å². The van der Waals surface area contributed by atoms with Crippen LogP contribution in [-0.2, 0) is 0 Å². The monoisotopic (exact) mass is 738 g/mol. The number of para-hydroxylation sites is 1. The Bertz CT molecular complexity index is 3120. The smallest absolute Gasteiger partial charge is 0.0635 e. The van der Waals surface area contributed by atoms with Crippen LogP contribution in [-0.4, -0.2) is 9.13 Å². The lowest BCUT2D eigenvalue weighted by atomic mass is 9.93. The van der Waals surface area contributed by atoms with Crippen LogP contribution in [0.2, 0.25) is 0 Å². The van der Waals surface area contributed by atoms with E-state index in [2.05, 4.69) is 240 Å². The van der Waals surface area contributed by atoms with E-state index in [-0.39, 0.29) is 0 Å². The van der Waals surface area contributed by atoms with Crippen LogP contribution in [0.3, 0.4) is 0 Å². The van der Waals surface area contributed by atoms with Gasteiger partial charge in [0.1, 0.15) is 0 Å². The normalized spacial score (nSPS) is 11.4. The maximum Gasteiger partial charge on any atom is 0.0635 e. The molecule has 0 N–H and O–H groups in total. The standard InChI is InChI=1S/C56H38N2/c1-6-16-39(17-7-1)44-32-45(40-18-8-2-9-19-40)34-46(33-44)43-26-28-55-53(38-43)51-27-29-54-52(30-31-57(54)49-24-14-5-15-25-49)56(51)58(55)50-36-47(41-20-10-3-11-21-41)35-48(37-50)42-22-12-4-13-23-42/h1-38H. The van der Waals surface area contributed by atoms with E-state index in [0.29, 0.717) is 0 Å². The average molecular weight is 739 g/mol. The minimum absolute atomic E-state index is 1.13. The van der Waals surface area contributed by atoms with Gasteiger partial charge in [0.05, 0.1) is 16.6 Å². The van der Waals surface area contributed by atoms with Crippen LogP contribution in [0.1, 0.15) is 0 Å². The van der Waals surface area contributed by atoms with E-state index in [9.17, 15) is 0 Å². The lowest BCUT2D eigenvalue weighted by molar-refractivity contribution is 1.13. The fraction of sp³-hybridized carbons (Fsp3) is 0. The van der Waals surface area contributed by atoms with Gasteiger partial charge in [-0.2, -0.15) is 0 Å². The first kappa shape index (κ1) is 33.6. The first-order valence-electron chi connectivity index (χ1n) is 19.9. The largest absolute Gasteiger partial charge is 0.316 e. The summed E-state index contributed by atoms with van der Waals surface area (Å²) >= 11 is 0. The molecule has 0 fully saturated rings. The molecule has 11 rings (SSSR count). The molecule has 58 heavy (non-hydrogen) atoms. The molecule has 0 bridgehead atoms. The molecular weight excluding hydrogens is 701 g/mol. The second-order valence-electron chi connectivity index (χ2n) is 15.0. The van der Waals surface area contributed by atoms with Gasteiger partial charge in [0.25, 0.3) is 0 Å². The van der Waals surface area contributed by atoms with Crippen molar-refractivity contribution in [1.82, 2.24) is 9.13 Å². The molecule has 272 valence electrons. The van der Waals surface area contributed by atoms with E-state index in [0.717, 1.165) is 11.4 Å². The highest BCUT2D eigenvalue weighted by Crippen LogP contribution is 2.42. The topological polar surface area (TPSA) is 9.86 Å². The number of aromatic nitrogens is 2. The molecule has 0 aliphatic rings. The zero-order valence-electron chi connectivity index (χ0n) is 31.8. The van der Waals surface area contributed by atoms with Crippen LogP contribution in [0, 0.1) is 0 Å². The molecule has 2 heterocycles. The van der Waals surface area contributed by atoms with E-state index in [1.807, 2.05) is 0 Å². The van der Waals surface area contributed by atoms with Gasteiger partial charge in [-0.05, 0) is 128 Å². The Morgan fingerprint density at radius 1 is 0.241 bits per heavy atom. The molecule has 0 saturated heterocycles. The maximum absolute atomic E-state index is 2.50. The third-order valence-corrected chi connectivity index (χ3v) is 11.5. The molecule has 2 nitrogen and oxygen atoms in total. The van der Waals surface area contributed by atoms with Crippen molar-refractivity contribution in [2.75, 3.05) is 0 Å². The van der Waals surface area contributed by atoms with Crippen molar-refractivity contribution >= 4 is 32.7 Å². The number of fused-ring (bicyclic) bond motifs is 5. The van der Waals surface area contributed by atoms with Gasteiger partial charge in [0.15, 0.2) is 0 Å². The van der Waals surface area contributed by atoms with Gasteiger partial charge in [-0.25, -0.2) is 0 Å². The summed E-state index contributed by atoms with van der Waals surface area (Å²) < 4.78 is 4.80. The zero-order chi connectivity index (χ0) is 38.4. The van der Waals surface area contributed by atoms with Crippen molar-refractivity contribution in [2.45, 2.75) is 0 Å². The molecule has 2 heteroatoms. The summed E-state index contributed by atoms with van der Waals surface area (Å²) in [5, 5.41) is 3.66. The van der Waals surface area contributed by atoms with Crippen LogP contribution >= 0.6 is 0 Å². The van der Waals surface area contributed by atoms with Crippen molar-refractivity contribution in [1.29, 1.82) is 0 Å². The first-order valence-corrected chi connectivity index (χ1v) is 19.9. The second kappa shape index (κ2) is 14.1. The van der Waals surface area contributed by atoms with E-state index in [4.69, 9.17) is 0 Å². The fourth-order valence-electron chi connectivity index (χ4n) is 8.71. The van der Waals surface area contributed by atoms with Crippen molar-refractivity contribution in [3.05, 3.63) is 231 Å². The Morgan fingerprint density at radius 2 is 0.672 bits per heavy atom. The Balaban J connectivity index is 1.19. The summed E-state index contributed by atoms with van der Waals surface area (Å²) in [4.78, 5) is 0. The van der Waals surface area contributed by atoms with Gasteiger partial charge >= 0.3 is 0 Å². The molecule has 11 aromatic rings. The molecule has 9 aromatic carbocycles. The Labute approximate surface area is 338 Å². The summed E-state index contributed by atoms with van der Waals surface area (Å²) in [5.74, 6) is 0. The van der Waals surface area contributed by atoms with Crippen LogP contribution < -0.4 is 0 Å². The van der Waals surface area contributed by atoms with Gasteiger partial charge < -0.3 is 9.13 Å². The predicted molar refractivity (Wildman–Crippen MR) is 245 cm³/mol.